The summed E-state index contributed by atoms with van der Waals surface area (Å²) in [6.45, 7) is 2.87. The van der Waals surface area contributed by atoms with Gasteiger partial charge in [-0.25, -0.2) is 0 Å². The van der Waals surface area contributed by atoms with E-state index in [9.17, 15) is 0 Å². The van der Waals surface area contributed by atoms with Crippen molar-refractivity contribution in [1.82, 2.24) is 20.8 Å². The van der Waals surface area contributed by atoms with Crippen LogP contribution in [0, 0.1) is 0 Å². The van der Waals surface area contributed by atoms with Crippen molar-refractivity contribution in [2.24, 2.45) is 4.99 Å². The Morgan fingerprint density at radius 1 is 1.23 bits per heavy atom. The molecule has 7 heteroatoms. The van der Waals surface area contributed by atoms with E-state index >= 15 is 0 Å². The number of hydrogen-bond donors (Lipinski definition) is 2. The Morgan fingerprint density at radius 2 is 1.96 bits per heavy atom. The van der Waals surface area contributed by atoms with Gasteiger partial charge in [0.1, 0.15) is 0 Å². The van der Waals surface area contributed by atoms with Crippen LogP contribution in [0.2, 0.25) is 0 Å². The summed E-state index contributed by atoms with van der Waals surface area (Å²) in [7, 11) is 1.83. The summed E-state index contributed by atoms with van der Waals surface area (Å²) in [4.78, 5) is 8.67. The molecular formula is C19H28IN5O. The fourth-order valence-electron chi connectivity index (χ4n) is 3.11. The molecule has 0 bridgehead atoms. The van der Waals surface area contributed by atoms with E-state index in [1.165, 1.54) is 31.2 Å². The summed E-state index contributed by atoms with van der Waals surface area (Å²) in [6.07, 6.45) is 6.86. The zero-order chi connectivity index (χ0) is 17.5. The lowest BCUT2D eigenvalue weighted by Crippen LogP contribution is -2.42. The minimum Gasteiger partial charge on any atom is -0.356 e. The number of nitrogens with zero attached hydrogens (tertiary/aromatic N) is 3. The van der Waals surface area contributed by atoms with Gasteiger partial charge >= 0.3 is 0 Å². The molecule has 2 aromatic rings. The van der Waals surface area contributed by atoms with Crippen molar-refractivity contribution in [2.75, 3.05) is 13.6 Å². The van der Waals surface area contributed by atoms with Crippen LogP contribution in [0.4, 0.5) is 0 Å². The number of aromatic nitrogens is 2. The molecule has 1 fully saturated rings. The van der Waals surface area contributed by atoms with Crippen LogP contribution in [0.15, 0.2) is 33.8 Å². The average molecular weight is 469 g/mol. The van der Waals surface area contributed by atoms with Gasteiger partial charge in [-0.2, -0.15) is 4.98 Å². The Kier molecular flexibility index (Phi) is 8.34. The monoisotopic (exact) mass is 469 g/mol. The second-order valence-electron chi connectivity index (χ2n) is 6.44. The van der Waals surface area contributed by atoms with Gasteiger partial charge in [0, 0.05) is 31.6 Å². The summed E-state index contributed by atoms with van der Waals surface area (Å²) < 4.78 is 5.27. The number of benzene rings is 1. The van der Waals surface area contributed by atoms with Gasteiger partial charge in [0.15, 0.2) is 11.8 Å². The summed E-state index contributed by atoms with van der Waals surface area (Å²) in [5.41, 5.74) is 2.23. The minimum atomic E-state index is 0. The smallest absolute Gasteiger partial charge is 0.257 e. The molecule has 1 aromatic carbocycles. The Balaban J connectivity index is 0.00000243. The first kappa shape index (κ1) is 20.7. The summed E-state index contributed by atoms with van der Waals surface area (Å²) in [5, 5.41) is 10.8. The third-order valence-corrected chi connectivity index (χ3v) is 4.61. The van der Waals surface area contributed by atoms with Crippen LogP contribution in [0.1, 0.15) is 44.0 Å². The summed E-state index contributed by atoms with van der Waals surface area (Å²) in [6, 6.07) is 8.87. The van der Waals surface area contributed by atoms with Gasteiger partial charge in [0.25, 0.3) is 5.89 Å². The van der Waals surface area contributed by atoms with Crippen LogP contribution in [-0.2, 0) is 12.8 Å². The van der Waals surface area contributed by atoms with Crippen LogP contribution < -0.4 is 10.6 Å². The molecule has 0 unspecified atom stereocenters. The Labute approximate surface area is 172 Å². The molecule has 0 amide bonds. The van der Waals surface area contributed by atoms with Gasteiger partial charge in [0.05, 0.1) is 0 Å². The van der Waals surface area contributed by atoms with Crippen molar-refractivity contribution < 1.29 is 4.52 Å². The number of nitrogens with one attached hydrogen (secondary N) is 2. The lowest BCUT2D eigenvalue weighted by atomic mass is 10.1. The van der Waals surface area contributed by atoms with E-state index in [2.05, 4.69) is 37.9 Å². The molecule has 6 nitrogen and oxygen atoms in total. The predicted molar refractivity (Wildman–Crippen MR) is 115 cm³/mol. The third kappa shape index (κ3) is 5.69. The SMILES string of the molecule is CCc1noc(-c2ccc(CCNC(=NC)NC3CCCC3)cc2)n1.I. The van der Waals surface area contributed by atoms with Crippen LogP contribution >= 0.6 is 24.0 Å². The van der Waals surface area contributed by atoms with E-state index in [-0.39, 0.29) is 24.0 Å². The van der Waals surface area contributed by atoms with E-state index in [0.29, 0.717) is 11.9 Å². The van der Waals surface area contributed by atoms with Gasteiger partial charge in [-0.15, -0.1) is 24.0 Å². The highest BCUT2D eigenvalue weighted by Gasteiger charge is 2.15. The highest BCUT2D eigenvalue weighted by Crippen LogP contribution is 2.18. The number of aliphatic imine (C=N–C) groups is 1. The van der Waals surface area contributed by atoms with Crippen molar-refractivity contribution in [3.63, 3.8) is 0 Å². The maximum absolute atomic E-state index is 5.27. The molecule has 2 N–H and O–H groups in total. The fraction of sp³-hybridized carbons (Fsp3) is 0.526. The second kappa shape index (κ2) is 10.5. The molecule has 3 rings (SSSR count). The zero-order valence-corrected chi connectivity index (χ0v) is 17.8. The summed E-state index contributed by atoms with van der Waals surface area (Å²) in [5.74, 6) is 2.23. The third-order valence-electron chi connectivity index (χ3n) is 4.61. The Bertz CT molecular complexity index is 692. The van der Waals surface area contributed by atoms with Gasteiger partial charge in [0.2, 0.25) is 0 Å². The first-order valence-electron chi connectivity index (χ1n) is 9.17. The molecule has 0 radical (unpaired) electrons. The Hall–Kier alpha value is -1.64. The largest absolute Gasteiger partial charge is 0.356 e. The van der Waals surface area contributed by atoms with Gasteiger partial charge < -0.3 is 15.2 Å². The maximum Gasteiger partial charge on any atom is 0.257 e. The van der Waals surface area contributed by atoms with E-state index in [1.54, 1.807) is 0 Å². The number of hydrogen-bond acceptors (Lipinski definition) is 4. The molecule has 142 valence electrons. The van der Waals surface area contributed by atoms with Crippen LogP contribution in [0.5, 0.6) is 0 Å². The molecule has 0 spiro atoms. The molecule has 1 heterocycles. The average Bonchev–Trinajstić information content (AvgIpc) is 3.33. The number of aryl methyl sites for hydroxylation is 1. The minimum absolute atomic E-state index is 0. The van der Waals surface area contributed by atoms with Gasteiger partial charge in [-0.1, -0.05) is 37.1 Å². The molecule has 26 heavy (non-hydrogen) atoms. The van der Waals surface area contributed by atoms with Crippen molar-refractivity contribution >= 4 is 29.9 Å². The fourth-order valence-corrected chi connectivity index (χ4v) is 3.11. The maximum atomic E-state index is 5.27. The highest BCUT2D eigenvalue weighted by atomic mass is 127. The molecule has 1 aromatic heterocycles. The normalized spacial score (nSPS) is 14.9. The van der Waals surface area contributed by atoms with Gasteiger partial charge in [-0.05, 0) is 37.0 Å². The summed E-state index contributed by atoms with van der Waals surface area (Å²) >= 11 is 0. The molecule has 0 saturated heterocycles. The zero-order valence-electron chi connectivity index (χ0n) is 15.5. The van der Waals surface area contributed by atoms with Crippen molar-refractivity contribution in [3.05, 3.63) is 35.7 Å². The van der Waals surface area contributed by atoms with Crippen molar-refractivity contribution in [3.8, 4) is 11.5 Å². The Morgan fingerprint density at radius 3 is 2.58 bits per heavy atom. The molecule has 1 aliphatic rings. The molecular weight excluding hydrogens is 441 g/mol. The topological polar surface area (TPSA) is 75.3 Å². The first-order valence-corrected chi connectivity index (χ1v) is 9.17. The lowest BCUT2D eigenvalue weighted by molar-refractivity contribution is 0.423. The quantitative estimate of drug-likeness (QED) is 0.385. The molecule has 1 aliphatic carbocycles. The van der Waals surface area contributed by atoms with E-state index in [4.69, 9.17) is 4.52 Å². The number of halogens is 1. The van der Waals surface area contributed by atoms with E-state index in [0.717, 1.165) is 36.7 Å². The molecule has 0 atom stereocenters. The van der Waals surface area contributed by atoms with Gasteiger partial charge in [-0.3, -0.25) is 4.99 Å². The predicted octanol–water partition coefficient (Wildman–Crippen LogP) is 3.57. The van der Waals surface area contributed by atoms with Crippen LogP contribution in [0.25, 0.3) is 11.5 Å². The lowest BCUT2D eigenvalue weighted by Gasteiger charge is -2.16. The molecule has 0 aliphatic heterocycles. The number of rotatable bonds is 6. The standard InChI is InChI=1S/C19H27N5O.HI/c1-3-17-23-18(25-24-17)15-10-8-14(9-11-15)12-13-21-19(20-2)22-16-6-4-5-7-16;/h8-11,16H,3-7,12-13H2,1-2H3,(H2,20,21,22);1H. The van der Waals surface area contributed by atoms with Crippen molar-refractivity contribution in [2.45, 2.75) is 51.5 Å². The first-order chi connectivity index (χ1) is 12.3. The van der Waals surface area contributed by atoms with E-state index in [1.807, 2.05) is 26.1 Å². The second-order valence-corrected chi connectivity index (χ2v) is 6.44. The molecule has 1 saturated carbocycles. The van der Waals surface area contributed by atoms with E-state index < -0.39 is 0 Å². The van der Waals surface area contributed by atoms with Crippen LogP contribution in [-0.4, -0.2) is 35.7 Å². The van der Waals surface area contributed by atoms with Crippen LogP contribution in [0.3, 0.4) is 0 Å². The van der Waals surface area contributed by atoms with Crippen molar-refractivity contribution in [1.29, 1.82) is 0 Å². The highest BCUT2D eigenvalue weighted by molar-refractivity contribution is 14.0. The number of guanidine groups is 1.